The van der Waals surface area contributed by atoms with E-state index in [1.807, 2.05) is 13.8 Å². The third-order valence-corrected chi connectivity index (χ3v) is 4.56. The van der Waals surface area contributed by atoms with Crippen LogP contribution in [-0.2, 0) is 0 Å². The molecule has 1 aromatic rings. The highest BCUT2D eigenvalue weighted by molar-refractivity contribution is 5.77. The number of aliphatic hydroxyl groups is 1. The van der Waals surface area contributed by atoms with Crippen molar-refractivity contribution in [2.24, 2.45) is 17.8 Å². The van der Waals surface area contributed by atoms with E-state index in [0.29, 0.717) is 18.4 Å². The summed E-state index contributed by atoms with van der Waals surface area (Å²) < 4.78 is 5.26. The van der Waals surface area contributed by atoms with Crippen molar-refractivity contribution >= 4 is 5.57 Å². The van der Waals surface area contributed by atoms with E-state index in [0.717, 1.165) is 29.4 Å². The molecule has 0 bridgehead atoms. The van der Waals surface area contributed by atoms with Gasteiger partial charge in [0, 0.05) is 12.2 Å². The quantitative estimate of drug-likeness (QED) is 0.906. The van der Waals surface area contributed by atoms with Gasteiger partial charge in [-0.1, -0.05) is 23.4 Å². The maximum atomic E-state index is 9.13. The van der Waals surface area contributed by atoms with Gasteiger partial charge in [-0.3, -0.25) is 0 Å². The van der Waals surface area contributed by atoms with Crippen molar-refractivity contribution in [3.63, 3.8) is 0 Å². The number of rotatable bonds is 3. The Morgan fingerprint density at radius 3 is 2.79 bits per heavy atom. The SMILES string of the molecule is Cc1noc(C)c1C1=CC(C2CC(CO)C2)CC=C1. The predicted octanol–water partition coefficient (Wildman–Crippen LogP) is 3.27. The van der Waals surface area contributed by atoms with Crippen LogP contribution in [0.15, 0.2) is 22.8 Å². The number of allylic oxidation sites excluding steroid dienone is 4. The third kappa shape index (κ3) is 2.27. The van der Waals surface area contributed by atoms with Gasteiger partial charge in [-0.2, -0.15) is 0 Å². The minimum Gasteiger partial charge on any atom is -0.396 e. The Kier molecular flexibility index (Phi) is 3.31. The van der Waals surface area contributed by atoms with E-state index >= 15 is 0 Å². The molecule has 1 atom stereocenters. The topological polar surface area (TPSA) is 46.3 Å². The molecule has 0 saturated heterocycles. The van der Waals surface area contributed by atoms with Crippen LogP contribution in [0.3, 0.4) is 0 Å². The highest BCUT2D eigenvalue weighted by Crippen LogP contribution is 2.43. The molecule has 0 aromatic carbocycles. The van der Waals surface area contributed by atoms with Crippen LogP contribution in [0.25, 0.3) is 5.57 Å². The van der Waals surface area contributed by atoms with E-state index in [1.165, 1.54) is 18.4 Å². The fourth-order valence-electron chi connectivity index (χ4n) is 3.38. The molecule has 0 aliphatic heterocycles. The molecule has 1 aromatic heterocycles. The van der Waals surface area contributed by atoms with Crippen LogP contribution in [0.4, 0.5) is 0 Å². The lowest BCUT2D eigenvalue weighted by Crippen LogP contribution is -2.31. The number of hydrogen-bond acceptors (Lipinski definition) is 3. The van der Waals surface area contributed by atoms with Crippen molar-refractivity contribution in [1.82, 2.24) is 5.16 Å². The van der Waals surface area contributed by atoms with Crippen LogP contribution in [0, 0.1) is 31.6 Å². The van der Waals surface area contributed by atoms with E-state index in [4.69, 9.17) is 9.63 Å². The van der Waals surface area contributed by atoms with Crippen LogP contribution in [0.5, 0.6) is 0 Å². The van der Waals surface area contributed by atoms with Gasteiger partial charge in [0.05, 0.1) is 5.69 Å². The summed E-state index contributed by atoms with van der Waals surface area (Å²) in [5.41, 5.74) is 3.37. The van der Waals surface area contributed by atoms with Gasteiger partial charge in [0.15, 0.2) is 0 Å². The molecule has 0 spiro atoms. The summed E-state index contributed by atoms with van der Waals surface area (Å²) >= 11 is 0. The molecule has 19 heavy (non-hydrogen) atoms. The van der Waals surface area contributed by atoms with E-state index in [2.05, 4.69) is 23.4 Å². The summed E-state index contributed by atoms with van der Waals surface area (Å²) in [6.45, 7) is 4.31. The molecular weight excluding hydrogens is 238 g/mol. The predicted molar refractivity (Wildman–Crippen MR) is 74.5 cm³/mol. The molecule has 3 heteroatoms. The standard InChI is InChI=1S/C16H21NO2/c1-10-16(11(2)19-17-10)14-5-3-4-13(8-14)15-6-12(7-15)9-18/h3,5,8,12-13,15,18H,4,6-7,9H2,1-2H3. The third-order valence-electron chi connectivity index (χ3n) is 4.56. The molecule has 1 saturated carbocycles. The second-order valence-corrected chi connectivity index (χ2v) is 5.90. The molecule has 3 nitrogen and oxygen atoms in total. The summed E-state index contributed by atoms with van der Waals surface area (Å²) in [4.78, 5) is 0. The van der Waals surface area contributed by atoms with Crippen molar-refractivity contribution in [1.29, 1.82) is 0 Å². The van der Waals surface area contributed by atoms with E-state index < -0.39 is 0 Å². The monoisotopic (exact) mass is 259 g/mol. The van der Waals surface area contributed by atoms with Gasteiger partial charge >= 0.3 is 0 Å². The molecule has 102 valence electrons. The Balaban J connectivity index is 1.79. The lowest BCUT2D eigenvalue weighted by molar-refractivity contribution is 0.0833. The molecular formula is C16H21NO2. The van der Waals surface area contributed by atoms with Crippen LogP contribution in [0.2, 0.25) is 0 Å². The van der Waals surface area contributed by atoms with Crippen molar-refractivity contribution in [2.75, 3.05) is 6.61 Å². The number of nitrogens with zero attached hydrogens (tertiary/aromatic N) is 1. The summed E-state index contributed by atoms with van der Waals surface area (Å²) in [7, 11) is 0. The molecule has 1 N–H and O–H groups in total. The van der Waals surface area contributed by atoms with Gasteiger partial charge < -0.3 is 9.63 Å². The van der Waals surface area contributed by atoms with Crippen molar-refractivity contribution in [3.8, 4) is 0 Å². The molecule has 1 fully saturated rings. The number of aryl methyl sites for hydroxylation is 2. The Morgan fingerprint density at radius 1 is 1.37 bits per heavy atom. The summed E-state index contributed by atoms with van der Waals surface area (Å²) in [5, 5.41) is 13.2. The summed E-state index contributed by atoms with van der Waals surface area (Å²) in [6, 6.07) is 0. The first-order valence-corrected chi connectivity index (χ1v) is 7.11. The maximum absolute atomic E-state index is 9.13. The van der Waals surface area contributed by atoms with E-state index in [1.54, 1.807) is 0 Å². The molecule has 2 aliphatic carbocycles. The lowest BCUT2D eigenvalue weighted by atomic mass is 9.66. The van der Waals surface area contributed by atoms with Gasteiger partial charge in [-0.15, -0.1) is 0 Å². The Labute approximate surface area is 114 Å². The van der Waals surface area contributed by atoms with E-state index in [-0.39, 0.29) is 0 Å². The first-order valence-electron chi connectivity index (χ1n) is 7.11. The minimum absolute atomic E-state index is 0.347. The second-order valence-electron chi connectivity index (χ2n) is 5.90. The normalized spacial score (nSPS) is 30.1. The fraction of sp³-hybridized carbons (Fsp3) is 0.562. The van der Waals surface area contributed by atoms with Gasteiger partial charge in [0.2, 0.25) is 0 Å². The molecule has 3 rings (SSSR count). The second kappa shape index (κ2) is 4.97. The van der Waals surface area contributed by atoms with Crippen LogP contribution < -0.4 is 0 Å². The smallest absolute Gasteiger partial charge is 0.141 e. The van der Waals surface area contributed by atoms with Crippen molar-refractivity contribution < 1.29 is 9.63 Å². The molecule has 1 heterocycles. The molecule has 2 aliphatic rings. The first kappa shape index (κ1) is 12.7. The highest BCUT2D eigenvalue weighted by atomic mass is 16.5. The number of aliphatic hydroxyl groups excluding tert-OH is 1. The zero-order chi connectivity index (χ0) is 13.4. The van der Waals surface area contributed by atoms with Gasteiger partial charge in [0.1, 0.15) is 5.76 Å². The van der Waals surface area contributed by atoms with Crippen LogP contribution >= 0.6 is 0 Å². The van der Waals surface area contributed by atoms with Crippen molar-refractivity contribution in [2.45, 2.75) is 33.1 Å². The van der Waals surface area contributed by atoms with Gasteiger partial charge in [0.25, 0.3) is 0 Å². The zero-order valence-electron chi connectivity index (χ0n) is 11.6. The Bertz CT molecular complexity index is 501. The Morgan fingerprint density at radius 2 is 2.16 bits per heavy atom. The van der Waals surface area contributed by atoms with E-state index in [9.17, 15) is 0 Å². The average molecular weight is 259 g/mol. The van der Waals surface area contributed by atoms with Gasteiger partial charge in [-0.25, -0.2) is 0 Å². The van der Waals surface area contributed by atoms with Gasteiger partial charge in [-0.05, 0) is 56.4 Å². The lowest BCUT2D eigenvalue weighted by Gasteiger charge is -2.39. The molecule has 0 amide bonds. The summed E-state index contributed by atoms with van der Waals surface area (Å²) in [5.74, 6) is 2.77. The highest BCUT2D eigenvalue weighted by Gasteiger charge is 2.34. The Hall–Kier alpha value is -1.35. The van der Waals surface area contributed by atoms with Crippen LogP contribution in [0.1, 0.15) is 36.3 Å². The number of aromatic nitrogens is 1. The minimum atomic E-state index is 0.347. The van der Waals surface area contributed by atoms with Crippen molar-refractivity contribution in [3.05, 3.63) is 35.2 Å². The first-order chi connectivity index (χ1) is 9.19. The maximum Gasteiger partial charge on any atom is 0.141 e. The largest absolute Gasteiger partial charge is 0.396 e. The fourth-order valence-corrected chi connectivity index (χ4v) is 3.38. The number of hydrogen-bond donors (Lipinski definition) is 1. The summed E-state index contributed by atoms with van der Waals surface area (Å²) in [6.07, 6.45) is 10.3. The average Bonchev–Trinajstić information content (AvgIpc) is 2.68. The van der Waals surface area contributed by atoms with Crippen LogP contribution in [-0.4, -0.2) is 16.9 Å². The molecule has 0 radical (unpaired) electrons. The zero-order valence-corrected chi connectivity index (χ0v) is 11.6. The molecule has 1 unspecified atom stereocenters.